The molecule has 1 aromatic rings. The normalized spacial score (nSPS) is 18.8. The first-order valence-corrected chi connectivity index (χ1v) is 5.80. The molecule has 2 rings (SSSR count). The van der Waals surface area contributed by atoms with Gasteiger partial charge in [0, 0.05) is 26.2 Å². The highest BCUT2D eigenvalue weighted by Crippen LogP contribution is 2.24. The predicted octanol–water partition coefficient (Wildman–Crippen LogP) is 0.867. The average molecular weight is 212 g/mol. The molecule has 4 nitrogen and oxygen atoms in total. The van der Waals surface area contributed by atoms with E-state index in [1.165, 1.54) is 0 Å². The fraction of sp³-hybridized carbons (Fsp3) is 0.667. The Hall–Kier alpha value is -0.810. The number of thiazole rings is 1. The molecule has 0 atom stereocenters. The molecule has 0 aliphatic carbocycles. The lowest BCUT2D eigenvalue weighted by molar-refractivity contribution is 0.271. The first kappa shape index (κ1) is 9.73. The number of hydrogen-bond acceptors (Lipinski definition) is 5. The van der Waals surface area contributed by atoms with Crippen LogP contribution in [-0.4, -0.2) is 42.6 Å². The largest absolute Gasteiger partial charge is 0.389 e. The fourth-order valence-corrected chi connectivity index (χ4v) is 2.41. The minimum Gasteiger partial charge on any atom is -0.389 e. The van der Waals surface area contributed by atoms with E-state index >= 15 is 0 Å². The maximum atomic E-state index is 5.66. The maximum absolute atomic E-state index is 5.66. The van der Waals surface area contributed by atoms with Gasteiger partial charge in [0.05, 0.1) is 6.20 Å². The van der Waals surface area contributed by atoms with Crippen LogP contribution in [0.25, 0.3) is 0 Å². The smallest absolute Gasteiger partial charge is 0.187 e. The second kappa shape index (κ2) is 4.14. The minimum atomic E-state index is 0.804. The van der Waals surface area contributed by atoms with Crippen molar-refractivity contribution in [3.05, 3.63) is 6.20 Å². The van der Waals surface area contributed by atoms with Gasteiger partial charge in [0.2, 0.25) is 0 Å². The first-order chi connectivity index (χ1) is 6.79. The Balaban J connectivity index is 1.95. The Labute approximate surface area is 88.3 Å². The summed E-state index contributed by atoms with van der Waals surface area (Å²) in [6, 6.07) is 0. The number of nitrogens with two attached hydrogens (primary N) is 1. The van der Waals surface area contributed by atoms with Crippen molar-refractivity contribution in [3.63, 3.8) is 0 Å². The standard InChI is InChI=1S/C9H16N4S/c1-2-12-3-5-13(6-4-12)9-11-7-8(10)14-9/h7H,2-6,10H2,1H3. The number of aromatic nitrogens is 1. The molecule has 0 amide bonds. The van der Waals surface area contributed by atoms with Crippen LogP contribution in [0, 0.1) is 0 Å². The van der Waals surface area contributed by atoms with Crippen LogP contribution in [0.5, 0.6) is 0 Å². The van der Waals surface area contributed by atoms with Crippen LogP contribution < -0.4 is 10.6 Å². The molecule has 0 spiro atoms. The van der Waals surface area contributed by atoms with Crippen LogP contribution in [0.15, 0.2) is 6.20 Å². The Kier molecular flexibility index (Phi) is 2.88. The van der Waals surface area contributed by atoms with Crippen molar-refractivity contribution >= 4 is 21.5 Å². The molecular formula is C9H16N4S. The van der Waals surface area contributed by atoms with Gasteiger partial charge in [-0.25, -0.2) is 4.98 Å². The van der Waals surface area contributed by atoms with Gasteiger partial charge in [-0.2, -0.15) is 0 Å². The lowest BCUT2D eigenvalue weighted by Gasteiger charge is -2.33. The number of piperazine rings is 1. The topological polar surface area (TPSA) is 45.4 Å². The second-order valence-corrected chi connectivity index (χ2v) is 4.51. The molecule has 14 heavy (non-hydrogen) atoms. The number of hydrogen-bond donors (Lipinski definition) is 1. The van der Waals surface area contributed by atoms with Gasteiger partial charge in [-0.1, -0.05) is 18.3 Å². The van der Waals surface area contributed by atoms with Gasteiger partial charge in [-0.05, 0) is 6.54 Å². The summed E-state index contributed by atoms with van der Waals surface area (Å²) in [5.41, 5.74) is 5.66. The van der Waals surface area contributed by atoms with Crippen LogP contribution in [0.3, 0.4) is 0 Å². The molecule has 0 saturated carbocycles. The van der Waals surface area contributed by atoms with Crippen LogP contribution in [0.4, 0.5) is 10.1 Å². The van der Waals surface area contributed by atoms with Crippen molar-refractivity contribution in [1.29, 1.82) is 0 Å². The van der Waals surface area contributed by atoms with Gasteiger partial charge >= 0.3 is 0 Å². The third kappa shape index (κ3) is 1.99. The van der Waals surface area contributed by atoms with E-state index in [9.17, 15) is 0 Å². The second-order valence-electron chi connectivity index (χ2n) is 3.47. The van der Waals surface area contributed by atoms with Gasteiger partial charge in [0.25, 0.3) is 0 Å². The molecule has 1 fully saturated rings. The van der Waals surface area contributed by atoms with E-state index in [2.05, 4.69) is 21.7 Å². The highest BCUT2D eigenvalue weighted by molar-refractivity contribution is 7.19. The third-order valence-corrected chi connectivity index (χ3v) is 3.49. The maximum Gasteiger partial charge on any atom is 0.187 e. The molecule has 1 aliphatic heterocycles. The Bertz CT molecular complexity index is 291. The van der Waals surface area contributed by atoms with E-state index < -0.39 is 0 Å². The molecule has 0 bridgehead atoms. The highest BCUT2D eigenvalue weighted by atomic mass is 32.1. The van der Waals surface area contributed by atoms with E-state index in [4.69, 9.17) is 5.73 Å². The lowest BCUT2D eigenvalue weighted by Crippen LogP contribution is -2.46. The summed E-state index contributed by atoms with van der Waals surface area (Å²) >= 11 is 1.58. The fourth-order valence-electron chi connectivity index (χ4n) is 1.68. The zero-order valence-corrected chi connectivity index (χ0v) is 9.26. The van der Waals surface area contributed by atoms with Gasteiger partial charge in [0.15, 0.2) is 5.13 Å². The highest BCUT2D eigenvalue weighted by Gasteiger charge is 2.17. The van der Waals surface area contributed by atoms with E-state index in [-0.39, 0.29) is 0 Å². The summed E-state index contributed by atoms with van der Waals surface area (Å²) in [5, 5.41) is 1.87. The van der Waals surface area contributed by atoms with Crippen molar-refractivity contribution in [2.45, 2.75) is 6.92 Å². The summed E-state index contributed by atoms with van der Waals surface area (Å²) in [6.45, 7) is 7.76. The summed E-state index contributed by atoms with van der Waals surface area (Å²) in [5.74, 6) is 0. The summed E-state index contributed by atoms with van der Waals surface area (Å²) in [6.07, 6.45) is 1.74. The van der Waals surface area contributed by atoms with Crippen LogP contribution in [0.2, 0.25) is 0 Å². The van der Waals surface area contributed by atoms with Gasteiger partial charge < -0.3 is 15.5 Å². The van der Waals surface area contributed by atoms with Crippen molar-refractivity contribution in [1.82, 2.24) is 9.88 Å². The van der Waals surface area contributed by atoms with Crippen LogP contribution >= 0.6 is 11.3 Å². The van der Waals surface area contributed by atoms with Gasteiger partial charge in [0.1, 0.15) is 5.00 Å². The molecule has 5 heteroatoms. The molecule has 0 radical (unpaired) electrons. The Morgan fingerprint density at radius 1 is 1.43 bits per heavy atom. The van der Waals surface area contributed by atoms with Crippen LogP contribution in [0.1, 0.15) is 6.92 Å². The minimum absolute atomic E-state index is 0.804. The lowest BCUT2D eigenvalue weighted by atomic mass is 10.3. The number of rotatable bonds is 2. The monoisotopic (exact) mass is 212 g/mol. The molecular weight excluding hydrogens is 196 g/mol. The van der Waals surface area contributed by atoms with Gasteiger partial charge in [-0.3, -0.25) is 0 Å². The third-order valence-electron chi connectivity index (χ3n) is 2.60. The van der Waals surface area contributed by atoms with E-state index in [1.807, 2.05) is 0 Å². The average Bonchev–Trinajstić information content (AvgIpc) is 2.65. The van der Waals surface area contributed by atoms with E-state index in [1.54, 1.807) is 17.5 Å². The first-order valence-electron chi connectivity index (χ1n) is 4.98. The Morgan fingerprint density at radius 3 is 2.64 bits per heavy atom. The number of likely N-dealkylation sites (N-methyl/N-ethyl adjacent to an activating group) is 1. The summed E-state index contributed by atoms with van der Waals surface area (Å²) in [7, 11) is 0. The zero-order chi connectivity index (χ0) is 9.97. The SMILES string of the molecule is CCN1CCN(c2ncc(N)s2)CC1. The zero-order valence-electron chi connectivity index (χ0n) is 8.44. The Morgan fingerprint density at radius 2 is 2.14 bits per heavy atom. The molecule has 78 valence electrons. The molecule has 1 aliphatic rings. The molecule has 2 N–H and O–H groups in total. The van der Waals surface area contributed by atoms with Crippen molar-refractivity contribution < 1.29 is 0 Å². The van der Waals surface area contributed by atoms with Crippen molar-refractivity contribution in [2.75, 3.05) is 43.4 Å². The number of nitrogens with zero attached hydrogens (tertiary/aromatic N) is 3. The quantitative estimate of drug-likeness (QED) is 0.790. The molecule has 0 aromatic carbocycles. The van der Waals surface area contributed by atoms with Crippen LogP contribution in [-0.2, 0) is 0 Å². The number of nitrogen functional groups attached to an aromatic ring is 1. The molecule has 1 aromatic heterocycles. The number of anilines is 2. The van der Waals surface area contributed by atoms with Crippen molar-refractivity contribution in [2.24, 2.45) is 0 Å². The predicted molar refractivity (Wildman–Crippen MR) is 60.9 cm³/mol. The molecule has 1 saturated heterocycles. The summed E-state index contributed by atoms with van der Waals surface area (Å²) < 4.78 is 0. The van der Waals surface area contributed by atoms with E-state index in [0.717, 1.165) is 42.9 Å². The van der Waals surface area contributed by atoms with Gasteiger partial charge in [-0.15, -0.1) is 0 Å². The summed E-state index contributed by atoms with van der Waals surface area (Å²) in [4.78, 5) is 9.06. The molecule has 0 unspecified atom stereocenters. The van der Waals surface area contributed by atoms with E-state index in [0.29, 0.717) is 0 Å². The van der Waals surface area contributed by atoms with Crippen molar-refractivity contribution in [3.8, 4) is 0 Å². The molecule has 2 heterocycles.